The summed E-state index contributed by atoms with van der Waals surface area (Å²) < 4.78 is 0. The molecule has 3 N–H and O–H groups in total. The van der Waals surface area contributed by atoms with E-state index in [9.17, 15) is 5.11 Å². The van der Waals surface area contributed by atoms with Crippen LogP contribution in [-0.4, -0.2) is 16.9 Å². The molecule has 1 aromatic carbocycles. The van der Waals surface area contributed by atoms with E-state index >= 15 is 0 Å². The summed E-state index contributed by atoms with van der Waals surface area (Å²) in [4.78, 5) is 0. The van der Waals surface area contributed by atoms with Crippen molar-refractivity contribution < 1.29 is 10.3 Å². The fourth-order valence-corrected chi connectivity index (χ4v) is 1.02. The van der Waals surface area contributed by atoms with Gasteiger partial charge in [0.15, 0.2) is 0 Å². The SMILES string of the molecule is ONCC(O)c1ccc(Cl)cc1. The fourth-order valence-electron chi connectivity index (χ4n) is 0.889. The van der Waals surface area contributed by atoms with E-state index in [1.165, 1.54) is 0 Å². The molecule has 0 aliphatic rings. The zero-order valence-corrected chi connectivity index (χ0v) is 7.12. The van der Waals surface area contributed by atoms with Gasteiger partial charge in [-0.1, -0.05) is 23.7 Å². The highest BCUT2D eigenvalue weighted by Gasteiger charge is 2.05. The average molecular weight is 188 g/mol. The minimum absolute atomic E-state index is 0.113. The maximum atomic E-state index is 9.35. The second-order valence-electron chi connectivity index (χ2n) is 2.43. The minimum Gasteiger partial charge on any atom is -0.387 e. The van der Waals surface area contributed by atoms with Crippen molar-refractivity contribution >= 4 is 11.6 Å². The summed E-state index contributed by atoms with van der Waals surface area (Å²) in [6.45, 7) is 0.113. The molecule has 1 unspecified atom stereocenters. The van der Waals surface area contributed by atoms with Crippen molar-refractivity contribution in [2.75, 3.05) is 6.54 Å². The third kappa shape index (κ3) is 2.46. The third-order valence-electron chi connectivity index (χ3n) is 1.54. The Balaban J connectivity index is 2.68. The van der Waals surface area contributed by atoms with Crippen LogP contribution in [0.25, 0.3) is 0 Å². The van der Waals surface area contributed by atoms with Crippen LogP contribution in [0.4, 0.5) is 0 Å². The maximum Gasteiger partial charge on any atom is 0.0937 e. The van der Waals surface area contributed by atoms with Crippen molar-refractivity contribution in [2.45, 2.75) is 6.10 Å². The molecule has 0 saturated carbocycles. The fraction of sp³-hybridized carbons (Fsp3) is 0.250. The van der Waals surface area contributed by atoms with Gasteiger partial charge >= 0.3 is 0 Å². The van der Waals surface area contributed by atoms with Gasteiger partial charge in [0, 0.05) is 5.02 Å². The molecular formula is C8H10ClNO2. The van der Waals surface area contributed by atoms with Gasteiger partial charge in [-0.05, 0) is 17.7 Å². The number of nitrogens with one attached hydrogen (secondary N) is 1. The Morgan fingerprint density at radius 3 is 2.42 bits per heavy atom. The highest BCUT2D eigenvalue weighted by Crippen LogP contribution is 2.15. The molecule has 1 atom stereocenters. The number of hydroxylamine groups is 1. The third-order valence-corrected chi connectivity index (χ3v) is 1.79. The molecule has 66 valence electrons. The second-order valence-corrected chi connectivity index (χ2v) is 2.87. The normalized spacial score (nSPS) is 12.9. The summed E-state index contributed by atoms with van der Waals surface area (Å²) in [5.74, 6) is 0. The molecule has 1 rings (SSSR count). The standard InChI is InChI=1S/C8H10ClNO2/c9-7-3-1-6(2-4-7)8(11)5-10-12/h1-4,8,10-12H,5H2. The van der Waals surface area contributed by atoms with Crippen LogP contribution in [0.15, 0.2) is 24.3 Å². The lowest BCUT2D eigenvalue weighted by atomic mass is 10.1. The number of aliphatic hydroxyl groups is 1. The molecule has 0 heterocycles. The summed E-state index contributed by atoms with van der Waals surface area (Å²) in [6, 6.07) is 6.81. The van der Waals surface area contributed by atoms with Crippen molar-refractivity contribution in [3.05, 3.63) is 34.9 Å². The Bertz CT molecular complexity index is 237. The van der Waals surface area contributed by atoms with Gasteiger partial charge < -0.3 is 10.3 Å². The molecule has 12 heavy (non-hydrogen) atoms. The molecule has 0 spiro atoms. The Morgan fingerprint density at radius 1 is 1.33 bits per heavy atom. The molecule has 0 aliphatic heterocycles. The van der Waals surface area contributed by atoms with E-state index in [4.69, 9.17) is 16.8 Å². The molecule has 3 nitrogen and oxygen atoms in total. The Morgan fingerprint density at radius 2 is 1.92 bits per heavy atom. The van der Waals surface area contributed by atoms with Crippen LogP contribution in [0.3, 0.4) is 0 Å². The summed E-state index contributed by atoms with van der Waals surface area (Å²) in [5, 5.41) is 18.3. The van der Waals surface area contributed by atoms with Crippen molar-refractivity contribution in [1.29, 1.82) is 0 Å². The lowest BCUT2D eigenvalue weighted by Crippen LogP contribution is -2.17. The monoisotopic (exact) mass is 187 g/mol. The van der Waals surface area contributed by atoms with Gasteiger partial charge in [0.05, 0.1) is 12.6 Å². The van der Waals surface area contributed by atoms with Crippen LogP contribution in [0.1, 0.15) is 11.7 Å². The van der Waals surface area contributed by atoms with Crippen LogP contribution in [0, 0.1) is 0 Å². The van der Waals surface area contributed by atoms with Crippen molar-refractivity contribution in [3.8, 4) is 0 Å². The number of hydrogen-bond acceptors (Lipinski definition) is 3. The lowest BCUT2D eigenvalue weighted by Gasteiger charge is -2.08. The lowest BCUT2D eigenvalue weighted by molar-refractivity contribution is 0.0921. The predicted octanol–water partition coefficient (Wildman–Crippen LogP) is 1.35. The van der Waals surface area contributed by atoms with E-state index in [1.807, 2.05) is 5.48 Å². The first-order chi connectivity index (χ1) is 5.74. The molecule has 0 radical (unpaired) electrons. The molecule has 0 aromatic heterocycles. The van der Waals surface area contributed by atoms with E-state index in [0.29, 0.717) is 5.02 Å². The van der Waals surface area contributed by atoms with Crippen LogP contribution in [0.2, 0.25) is 5.02 Å². The molecule has 0 aliphatic carbocycles. The zero-order valence-electron chi connectivity index (χ0n) is 6.37. The molecule has 0 amide bonds. The van der Waals surface area contributed by atoms with Gasteiger partial charge in [0.1, 0.15) is 0 Å². The van der Waals surface area contributed by atoms with Crippen LogP contribution < -0.4 is 5.48 Å². The summed E-state index contributed by atoms with van der Waals surface area (Å²) in [6.07, 6.45) is -0.702. The van der Waals surface area contributed by atoms with Gasteiger partial charge in [-0.25, -0.2) is 5.48 Å². The highest BCUT2D eigenvalue weighted by atomic mass is 35.5. The van der Waals surface area contributed by atoms with Crippen LogP contribution in [0.5, 0.6) is 0 Å². The van der Waals surface area contributed by atoms with Gasteiger partial charge in [-0.15, -0.1) is 0 Å². The van der Waals surface area contributed by atoms with E-state index in [2.05, 4.69) is 0 Å². The smallest absolute Gasteiger partial charge is 0.0937 e. The summed E-state index contributed by atoms with van der Waals surface area (Å²) >= 11 is 5.65. The maximum absolute atomic E-state index is 9.35. The van der Waals surface area contributed by atoms with Gasteiger partial charge in [-0.3, -0.25) is 0 Å². The Hall–Kier alpha value is -0.610. The second kappa shape index (κ2) is 4.42. The van der Waals surface area contributed by atoms with Crippen molar-refractivity contribution in [2.24, 2.45) is 0 Å². The molecule has 1 aromatic rings. The van der Waals surface area contributed by atoms with Crippen molar-refractivity contribution in [1.82, 2.24) is 5.48 Å². The predicted molar refractivity (Wildman–Crippen MR) is 46.2 cm³/mol. The molecule has 0 bridgehead atoms. The quantitative estimate of drug-likeness (QED) is 0.627. The first-order valence-electron chi connectivity index (χ1n) is 3.54. The number of rotatable bonds is 3. The number of hydrogen-bond donors (Lipinski definition) is 3. The van der Waals surface area contributed by atoms with Crippen molar-refractivity contribution in [3.63, 3.8) is 0 Å². The molecular weight excluding hydrogens is 178 g/mol. The van der Waals surface area contributed by atoms with Gasteiger partial charge in [-0.2, -0.15) is 0 Å². The minimum atomic E-state index is -0.702. The van der Waals surface area contributed by atoms with Gasteiger partial charge in [0.25, 0.3) is 0 Å². The van der Waals surface area contributed by atoms with E-state index in [0.717, 1.165) is 5.56 Å². The molecule has 0 fully saturated rings. The topological polar surface area (TPSA) is 52.5 Å². The van der Waals surface area contributed by atoms with Crippen LogP contribution >= 0.6 is 11.6 Å². The Labute approximate surface area is 75.6 Å². The average Bonchev–Trinajstić information content (AvgIpc) is 2.06. The first kappa shape index (κ1) is 9.48. The summed E-state index contributed by atoms with van der Waals surface area (Å²) in [5.41, 5.74) is 2.62. The Kier molecular flexibility index (Phi) is 3.49. The highest BCUT2D eigenvalue weighted by molar-refractivity contribution is 6.30. The van der Waals surface area contributed by atoms with E-state index in [1.54, 1.807) is 24.3 Å². The van der Waals surface area contributed by atoms with E-state index < -0.39 is 6.10 Å². The van der Waals surface area contributed by atoms with Gasteiger partial charge in [0.2, 0.25) is 0 Å². The summed E-state index contributed by atoms with van der Waals surface area (Å²) in [7, 11) is 0. The number of benzene rings is 1. The van der Waals surface area contributed by atoms with E-state index in [-0.39, 0.29) is 6.54 Å². The first-order valence-corrected chi connectivity index (χ1v) is 3.92. The zero-order chi connectivity index (χ0) is 8.97. The number of halogens is 1. The molecule has 4 heteroatoms. The molecule has 0 saturated heterocycles. The largest absolute Gasteiger partial charge is 0.387 e. The van der Waals surface area contributed by atoms with Crippen LogP contribution in [-0.2, 0) is 0 Å². The number of aliphatic hydroxyl groups excluding tert-OH is 1.